The first-order valence-corrected chi connectivity index (χ1v) is 7.29. The predicted octanol–water partition coefficient (Wildman–Crippen LogP) is 4.53. The summed E-state index contributed by atoms with van der Waals surface area (Å²) in [5.41, 5.74) is 1.62. The normalized spacial score (nSPS) is 10.0. The van der Waals surface area contributed by atoms with Gasteiger partial charge < -0.3 is 9.47 Å². The first-order chi connectivity index (χ1) is 10.6. The van der Waals surface area contributed by atoms with E-state index in [0.29, 0.717) is 12.2 Å². The molecule has 0 unspecified atom stereocenters. The van der Waals surface area contributed by atoms with Crippen LogP contribution in [0.2, 0.25) is 0 Å². The molecule has 0 aliphatic carbocycles. The molecule has 22 heavy (non-hydrogen) atoms. The summed E-state index contributed by atoms with van der Waals surface area (Å²) in [5.74, 6) is 1.30. The highest BCUT2D eigenvalue weighted by Gasteiger charge is 2.02. The highest BCUT2D eigenvalue weighted by molar-refractivity contribution is 5.86. The minimum absolute atomic E-state index is 0.327. The summed E-state index contributed by atoms with van der Waals surface area (Å²) in [6, 6.07) is 17.6. The van der Waals surface area contributed by atoms with E-state index >= 15 is 0 Å². The molecule has 2 aromatic carbocycles. The Morgan fingerprint density at radius 3 is 2.27 bits per heavy atom. The second kappa shape index (κ2) is 8.03. The number of esters is 1. The van der Waals surface area contributed by atoms with Crippen LogP contribution in [-0.2, 0) is 16.0 Å². The number of hydrogen-bond donors (Lipinski definition) is 0. The standard InChI is InChI=1S/C19H20O3/c1-15(2)19(20)21-14-6-7-16-10-12-18(13-11-16)22-17-8-4-3-5-9-17/h3-5,8-13H,1,6-7,14H2,2H3. The van der Waals surface area contributed by atoms with Crippen molar-refractivity contribution in [2.75, 3.05) is 6.61 Å². The molecule has 0 aromatic heterocycles. The van der Waals surface area contributed by atoms with Gasteiger partial charge in [-0.3, -0.25) is 0 Å². The van der Waals surface area contributed by atoms with Crippen molar-refractivity contribution in [3.63, 3.8) is 0 Å². The predicted molar refractivity (Wildman–Crippen MR) is 87.1 cm³/mol. The quantitative estimate of drug-likeness (QED) is 0.428. The lowest BCUT2D eigenvalue weighted by atomic mass is 10.1. The van der Waals surface area contributed by atoms with Crippen molar-refractivity contribution < 1.29 is 14.3 Å². The molecule has 0 heterocycles. The van der Waals surface area contributed by atoms with E-state index in [0.717, 1.165) is 24.3 Å². The summed E-state index contributed by atoms with van der Waals surface area (Å²) >= 11 is 0. The lowest BCUT2D eigenvalue weighted by Gasteiger charge is -2.07. The number of carbonyl (C=O) groups excluding carboxylic acids is 1. The molecule has 0 saturated heterocycles. The van der Waals surface area contributed by atoms with Gasteiger partial charge in [0.2, 0.25) is 0 Å². The van der Waals surface area contributed by atoms with Crippen molar-refractivity contribution in [3.05, 3.63) is 72.3 Å². The molecule has 0 bridgehead atoms. The molecule has 0 amide bonds. The molecule has 0 N–H and O–H groups in total. The van der Waals surface area contributed by atoms with Gasteiger partial charge in [-0.1, -0.05) is 36.9 Å². The van der Waals surface area contributed by atoms with Crippen molar-refractivity contribution in [3.8, 4) is 11.5 Å². The first kappa shape index (κ1) is 15.8. The molecule has 0 spiro atoms. The van der Waals surface area contributed by atoms with Gasteiger partial charge in [-0.2, -0.15) is 0 Å². The van der Waals surface area contributed by atoms with Crippen LogP contribution in [-0.4, -0.2) is 12.6 Å². The van der Waals surface area contributed by atoms with E-state index in [9.17, 15) is 4.79 Å². The van der Waals surface area contributed by atoms with Crippen LogP contribution in [0.4, 0.5) is 0 Å². The van der Waals surface area contributed by atoms with Crippen molar-refractivity contribution in [2.45, 2.75) is 19.8 Å². The van der Waals surface area contributed by atoms with E-state index in [4.69, 9.17) is 9.47 Å². The largest absolute Gasteiger partial charge is 0.462 e. The molecule has 114 valence electrons. The van der Waals surface area contributed by atoms with E-state index in [1.165, 1.54) is 5.56 Å². The average Bonchev–Trinajstić information content (AvgIpc) is 2.53. The molecule has 3 nitrogen and oxygen atoms in total. The Labute approximate surface area is 131 Å². The third-order valence-electron chi connectivity index (χ3n) is 3.09. The van der Waals surface area contributed by atoms with Crippen LogP contribution >= 0.6 is 0 Å². The number of aryl methyl sites for hydroxylation is 1. The SMILES string of the molecule is C=C(C)C(=O)OCCCc1ccc(Oc2ccccc2)cc1. The van der Waals surface area contributed by atoms with Crippen LogP contribution in [0.25, 0.3) is 0 Å². The first-order valence-electron chi connectivity index (χ1n) is 7.29. The van der Waals surface area contributed by atoms with Crippen LogP contribution < -0.4 is 4.74 Å². The molecule has 0 atom stereocenters. The zero-order valence-electron chi connectivity index (χ0n) is 12.7. The van der Waals surface area contributed by atoms with Gasteiger partial charge in [-0.05, 0) is 49.6 Å². The molecule has 0 fully saturated rings. The van der Waals surface area contributed by atoms with Crippen molar-refractivity contribution >= 4 is 5.97 Å². The molecule has 2 aromatic rings. The van der Waals surface area contributed by atoms with E-state index in [1.54, 1.807) is 6.92 Å². The number of ether oxygens (including phenoxy) is 2. The molecular formula is C19H20O3. The Kier molecular flexibility index (Phi) is 5.78. The molecule has 3 heteroatoms. The van der Waals surface area contributed by atoms with Gasteiger partial charge in [0.25, 0.3) is 0 Å². The molecular weight excluding hydrogens is 276 g/mol. The fourth-order valence-corrected chi connectivity index (χ4v) is 1.91. The van der Waals surface area contributed by atoms with E-state index < -0.39 is 0 Å². The van der Waals surface area contributed by atoms with E-state index in [-0.39, 0.29) is 5.97 Å². The van der Waals surface area contributed by atoms with E-state index in [1.807, 2.05) is 54.6 Å². The van der Waals surface area contributed by atoms with Crippen LogP contribution in [0.1, 0.15) is 18.9 Å². The lowest BCUT2D eigenvalue weighted by Crippen LogP contribution is -2.06. The van der Waals surface area contributed by atoms with Crippen LogP contribution in [0, 0.1) is 0 Å². The minimum atomic E-state index is -0.327. The van der Waals surface area contributed by atoms with Crippen LogP contribution in [0.3, 0.4) is 0 Å². The van der Waals surface area contributed by atoms with Gasteiger partial charge in [0, 0.05) is 5.57 Å². The summed E-state index contributed by atoms with van der Waals surface area (Å²) in [5, 5.41) is 0. The average molecular weight is 296 g/mol. The monoisotopic (exact) mass is 296 g/mol. The second-order valence-corrected chi connectivity index (χ2v) is 5.08. The summed E-state index contributed by atoms with van der Waals surface area (Å²) in [7, 11) is 0. The maximum atomic E-state index is 11.2. The van der Waals surface area contributed by atoms with Crippen molar-refractivity contribution in [1.29, 1.82) is 0 Å². The number of carbonyl (C=O) groups is 1. The Hall–Kier alpha value is -2.55. The third kappa shape index (κ3) is 5.09. The number of para-hydroxylation sites is 1. The zero-order valence-corrected chi connectivity index (χ0v) is 12.7. The van der Waals surface area contributed by atoms with Gasteiger partial charge in [0.1, 0.15) is 11.5 Å². The van der Waals surface area contributed by atoms with Gasteiger partial charge in [0.15, 0.2) is 0 Å². The van der Waals surface area contributed by atoms with Gasteiger partial charge >= 0.3 is 5.97 Å². The number of rotatable bonds is 7. The van der Waals surface area contributed by atoms with Crippen molar-refractivity contribution in [2.24, 2.45) is 0 Å². The Morgan fingerprint density at radius 1 is 1.00 bits per heavy atom. The minimum Gasteiger partial charge on any atom is -0.462 e. The highest BCUT2D eigenvalue weighted by Crippen LogP contribution is 2.21. The van der Waals surface area contributed by atoms with E-state index in [2.05, 4.69) is 6.58 Å². The molecule has 0 aliphatic rings. The molecule has 0 aliphatic heterocycles. The number of benzene rings is 2. The maximum Gasteiger partial charge on any atom is 0.333 e. The maximum absolute atomic E-state index is 11.2. The summed E-state index contributed by atoms with van der Waals surface area (Å²) in [4.78, 5) is 11.2. The topological polar surface area (TPSA) is 35.5 Å². The molecule has 0 radical (unpaired) electrons. The third-order valence-corrected chi connectivity index (χ3v) is 3.09. The van der Waals surface area contributed by atoms with Crippen LogP contribution in [0.15, 0.2) is 66.7 Å². The Balaban J connectivity index is 1.77. The second-order valence-electron chi connectivity index (χ2n) is 5.08. The molecule has 2 rings (SSSR count). The lowest BCUT2D eigenvalue weighted by molar-refractivity contribution is -0.139. The zero-order chi connectivity index (χ0) is 15.8. The fraction of sp³-hybridized carbons (Fsp3) is 0.211. The smallest absolute Gasteiger partial charge is 0.333 e. The van der Waals surface area contributed by atoms with Gasteiger partial charge in [-0.15, -0.1) is 0 Å². The van der Waals surface area contributed by atoms with Crippen LogP contribution in [0.5, 0.6) is 11.5 Å². The molecule has 0 saturated carbocycles. The fourth-order valence-electron chi connectivity index (χ4n) is 1.91. The van der Waals surface area contributed by atoms with Crippen molar-refractivity contribution in [1.82, 2.24) is 0 Å². The highest BCUT2D eigenvalue weighted by atomic mass is 16.5. The summed E-state index contributed by atoms with van der Waals surface area (Å²) in [6.45, 7) is 5.60. The Bertz CT molecular complexity index is 615. The Morgan fingerprint density at radius 2 is 1.64 bits per heavy atom. The van der Waals surface area contributed by atoms with Gasteiger partial charge in [-0.25, -0.2) is 4.79 Å². The van der Waals surface area contributed by atoms with Gasteiger partial charge in [0.05, 0.1) is 6.61 Å². The summed E-state index contributed by atoms with van der Waals surface area (Å²) < 4.78 is 10.8. The number of hydrogen-bond acceptors (Lipinski definition) is 3. The summed E-state index contributed by atoms with van der Waals surface area (Å²) in [6.07, 6.45) is 1.65.